The fraction of sp³-hybridized carbons (Fsp3) is 0.167. The molecule has 0 saturated heterocycles. The Morgan fingerprint density at radius 3 is 2.59 bits per heavy atom. The topological polar surface area (TPSA) is 78.3 Å². The highest BCUT2D eigenvalue weighted by atomic mass is 35.5. The summed E-state index contributed by atoms with van der Waals surface area (Å²) in [7, 11) is 1.59. The molecule has 2 heterocycles. The number of anilines is 1. The van der Waals surface area contributed by atoms with Gasteiger partial charge >= 0.3 is 12.3 Å². The van der Waals surface area contributed by atoms with E-state index in [1.54, 1.807) is 31.3 Å². The lowest BCUT2D eigenvalue weighted by Crippen LogP contribution is -2.20. The van der Waals surface area contributed by atoms with Crippen molar-refractivity contribution in [3.05, 3.63) is 53.8 Å². The molecule has 152 valence electrons. The van der Waals surface area contributed by atoms with Crippen molar-refractivity contribution in [1.29, 1.82) is 0 Å². The number of ether oxygens (including phenoxy) is 2. The number of pyridine rings is 1. The summed E-state index contributed by atoms with van der Waals surface area (Å²) in [5.74, 6) is -0.0336. The smallest absolute Gasteiger partial charge is 0.422 e. The monoisotopic (exact) mass is 426 g/mol. The van der Waals surface area contributed by atoms with E-state index in [9.17, 15) is 18.0 Å². The third kappa shape index (κ3) is 5.61. The molecule has 0 spiro atoms. The average molecular weight is 427 g/mol. The van der Waals surface area contributed by atoms with Gasteiger partial charge in [-0.25, -0.2) is 14.5 Å². The summed E-state index contributed by atoms with van der Waals surface area (Å²) in [6.07, 6.45) is -2.73. The van der Waals surface area contributed by atoms with E-state index in [0.717, 1.165) is 6.20 Å². The third-order valence-corrected chi connectivity index (χ3v) is 3.85. The number of halogens is 4. The number of aromatic nitrogens is 3. The number of hydrogen-bond donors (Lipinski definition) is 1. The highest BCUT2D eigenvalue weighted by Gasteiger charge is 2.29. The van der Waals surface area contributed by atoms with Gasteiger partial charge in [0, 0.05) is 23.7 Å². The summed E-state index contributed by atoms with van der Waals surface area (Å²) in [4.78, 5) is 16.0. The Balaban J connectivity index is 1.85. The molecule has 0 bridgehead atoms. The minimum absolute atomic E-state index is 0.196. The molecule has 7 nitrogen and oxygen atoms in total. The minimum Gasteiger partial charge on any atom is -0.468 e. The van der Waals surface area contributed by atoms with Crippen molar-refractivity contribution in [3.8, 4) is 22.9 Å². The van der Waals surface area contributed by atoms with Gasteiger partial charge < -0.3 is 9.47 Å². The molecule has 0 aliphatic rings. The Bertz CT molecular complexity index is 1010. The average Bonchev–Trinajstić information content (AvgIpc) is 3.05. The molecule has 1 amide bonds. The Kier molecular flexibility index (Phi) is 5.92. The van der Waals surface area contributed by atoms with Crippen LogP contribution in [0.25, 0.3) is 11.1 Å². The van der Waals surface area contributed by atoms with E-state index >= 15 is 0 Å². The fourth-order valence-corrected chi connectivity index (χ4v) is 2.45. The van der Waals surface area contributed by atoms with E-state index in [-0.39, 0.29) is 23.0 Å². The SMILES string of the molecule is Cn1nccc1OC(=O)Nc1cnc(OCC(F)(F)F)c(-c2ccc(Cl)cc2)c1. The van der Waals surface area contributed by atoms with Crippen LogP contribution in [-0.4, -0.2) is 33.6 Å². The summed E-state index contributed by atoms with van der Waals surface area (Å²) < 4.78 is 48.9. The van der Waals surface area contributed by atoms with Crippen molar-refractivity contribution in [2.75, 3.05) is 11.9 Å². The summed E-state index contributed by atoms with van der Waals surface area (Å²) in [5, 5.41) is 6.78. The predicted molar refractivity (Wildman–Crippen MR) is 99.1 cm³/mol. The lowest BCUT2D eigenvalue weighted by atomic mass is 10.1. The molecule has 3 aromatic rings. The van der Waals surface area contributed by atoms with Crippen LogP contribution in [0.15, 0.2) is 48.8 Å². The molecule has 0 aliphatic carbocycles. The number of carbonyl (C=O) groups is 1. The van der Waals surface area contributed by atoms with Gasteiger partial charge in [0.05, 0.1) is 18.1 Å². The zero-order valence-electron chi connectivity index (χ0n) is 14.9. The maximum absolute atomic E-state index is 12.5. The van der Waals surface area contributed by atoms with E-state index in [4.69, 9.17) is 21.1 Å². The molecule has 0 atom stereocenters. The molecule has 0 fully saturated rings. The van der Waals surface area contributed by atoms with Crippen LogP contribution in [0.2, 0.25) is 5.02 Å². The number of alkyl halides is 3. The van der Waals surface area contributed by atoms with Crippen LogP contribution in [-0.2, 0) is 7.05 Å². The van der Waals surface area contributed by atoms with Gasteiger partial charge in [-0.15, -0.1) is 0 Å². The van der Waals surface area contributed by atoms with Crippen LogP contribution in [0, 0.1) is 0 Å². The molecular weight excluding hydrogens is 413 g/mol. The number of aryl methyl sites for hydroxylation is 1. The van der Waals surface area contributed by atoms with Crippen LogP contribution >= 0.6 is 11.6 Å². The first-order valence-electron chi connectivity index (χ1n) is 8.13. The molecule has 11 heteroatoms. The zero-order valence-corrected chi connectivity index (χ0v) is 15.7. The van der Waals surface area contributed by atoms with Crippen molar-refractivity contribution >= 4 is 23.4 Å². The van der Waals surface area contributed by atoms with Gasteiger partial charge in [0.15, 0.2) is 6.61 Å². The van der Waals surface area contributed by atoms with Crippen molar-refractivity contribution in [2.24, 2.45) is 7.05 Å². The maximum Gasteiger partial charge on any atom is 0.422 e. The summed E-state index contributed by atoms with van der Waals surface area (Å²) in [5.41, 5.74) is 0.938. The van der Waals surface area contributed by atoms with E-state index in [1.165, 1.54) is 23.0 Å². The van der Waals surface area contributed by atoms with Crippen LogP contribution in [0.3, 0.4) is 0 Å². The van der Waals surface area contributed by atoms with E-state index in [0.29, 0.717) is 10.6 Å². The van der Waals surface area contributed by atoms with Crippen LogP contribution in [0.5, 0.6) is 11.8 Å². The Hall–Kier alpha value is -3.27. The third-order valence-electron chi connectivity index (χ3n) is 3.60. The van der Waals surface area contributed by atoms with Crippen molar-refractivity contribution in [3.63, 3.8) is 0 Å². The van der Waals surface area contributed by atoms with Crippen LogP contribution in [0.1, 0.15) is 0 Å². The largest absolute Gasteiger partial charge is 0.468 e. The number of rotatable bonds is 5. The van der Waals surface area contributed by atoms with Crippen molar-refractivity contribution in [1.82, 2.24) is 14.8 Å². The first-order chi connectivity index (χ1) is 13.7. The van der Waals surface area contributed by atoms with E-state index in [2.05, 4.69) is 15.4 Å². The van der Waals surface area contributed by atoms with E-state index < -0.39 is 18.9 Å². The number of benzene rings is 1. The minimum atomic E-state index is -4.53. The number of hydrogen-bond acceptors (Lipinski definition) is 5. The standard InChI is InChI=1S/C18H14ClF3N4O3/c1-26-15(6-7-24-26)29-17(27)25-13-8-14(11-2-4-12(19)5-3-11)16(23-9-13)28-10-18(20,21)22/h2-9H,10H2,1H3,(H,25,27). The van der Waals surface area contributed by atoms with Crippen LogP contribution < -0.4 is 14.8 Å². The summed E-state index contributed by atoms with van der Waals surface area (Å²) >= 11 is 5.86. The highest BCUT2D eigenvalue weighted by Crippen LogP contribution is 2.32. The van der Waals surface area contributed by atoms with Gasteiger partial charge in [0.25, 0.3) is 0 Å². The number of nitrogens with zero attached hydrogens (tertiary/aromatic N) is 3. The molecule has 3 rings (SSSR count). The van der Waals surface area contributed by atoms with Gasteiger partial charge in [-0.05, 0) is 23.8 Å². The molecule has 0 aliphatic heterocycles. The number of amides is 1. The molecule has 0 unspecified atom stereocenters. The normalized spacial score (nSPS) is 11.2. The van der Waals surface area contributed by atoms with E-state index in [1.807, 2.05) is 0 Å². The molecule has 0 saturated carbocycles. The first-order valence-corrected chi connectivity index (χ1v) is 8.51. The highest BCUT2D eigenvalue weighted by molar-refractivity contribution is 6.30. The van der Waals surface area contributed by atoms with Crippen LogP contribution in [0.4, 0.5) is 23.7 Å². The number of carbonyl (C=O) groups excluding carboxylic acids is 1. The molecule has 1 N–H and O–H groups in total. The molecular formula is C18H14ClF3N4O3. The molecule has 1 aromatic carbocycles. The second kappa shape index (κ2) is 8.39. The maximum atomic E-state index is 12.5. The first kappa shape index (κ1) is 20.5. The van der Waals surface area contributed by atoms with Gasteiger partial charge in [-0.1, -0.05) is 23.7 Å². The molecule has 0 radical (unpaired) electrons. The lowest BCUT2D eigenvalue weighted by molar-refractivity contribution is -0.154. The molecule has 29 heavy (non-hydrogen) atoms. The Morgan fingerprint density at radius 1 is 1.24 bits per heavy atom. The van der Waals surface area contributed by atoms with Gasteiger partial charge in [-0.2, -0.15) is 18.3 Å². The summed E-state index contributed by atoms with van der Waals surface area (Å²) in [6.45, 7) is -1.50. The zero-order chi connectivity index (χ0) is 21.0. The van der Waals surface area contributed by atoms with Gasteiger partial charge in [0.1, 0.15) is 0 Å². The van der Waals surface area contributed by atoms with Gasteiger partial charge in [-0.3, -0.25) is 5.32 Å². The van der Waals surface area contributed by atoms with Gasteiger partial charge in [0.2, 0.25) is 11.8 Å². The number of nitrogens with one attached hydrogen (secondary N) is 1. The van der Waals surface area contributed by atoms with Crippen molar-refractivity contribution in [2.45, 2.75) is 6.18 Å². The molecule has 2 aromatic heterocycles. The quantitative estimate of drug-likeness (QED) is 0.640. The fourth-order valence-electron chi connectivity index (χ4n) is 2.32. The Morgan fingerprint density at radius 2 is 1.97 bits per heavy atom. The van der Waals surface area contributed by atoms with Crippen molar-refractivity contribution < 1.29 is 27.4 Å². The lowest BCUT2D eigenvalue weighted by Gasteiger charge is -2.14. The second-order valence-corrected chi connectivity index (χ2v) is 6.23. The predicted octanol–water partition coefficient (Wildman–Crippen LogP) is 4.69. The second-order valence-electron chi connectivity index (χ2n) is 5.80. The Labute approximate surface area is 168 Å². The summed E-state index contributed by atoms with van der Waals surface area (Å²) in [6, 6.07) is 9.24.